The molecule has 2 fully saturated rings. The average Bonchev–Trinajstić information content (AvgIpc) is 3.44. The molecule has 0 aromatic carbocycles. The van der Waals surface area contributed by atoms with Crippen LogP contribution >= 0.6 is 24.0 Å². The van der Waals surface area contributed by atoms with Crippen molar-refractivity contribution in [2.45, 2.75) is 52.7 Å². The van der Waals surface area contributed by atoms with Gasteiger partial charge in [0.15, 0.2) is 11.8 Å². The van der Waals surface area contributed by atoms with Crippen molar-refractivity contribution in [3.05, 3.63) is 11.6 Å². The highest BCUT2D eigenvalue weighted by Gasteiger charge is 2.27. The minimum atomic E-state index is 0. The normalized spacial score (nSPS) is 22.4. The molecule has 1 aromatic rings. The van der Waals surface area contributed by atoms with E-state index in [2.05, 4.69) is 39.2 Å². The van der Waals surface area contributed by atoms with E-state index in [9.17, 15) is 0 Å². The Balaban J connectivity index is 0.00000300. The lowest BCUT2D eigenvalue weighted by atomic mass is 10.1. The topological polar surface area (TPSA) is 70.8 Å². The maximum atomic E-state index is 5.78. The number of guanidine groups is 1. The number of hydrogen-bond acceptors (Lipinski definition) is 5. The third-order valence-corrected chi connectivity index (χ3v) is 6.06. The molecule has 1 aromatic heterocycles. The molecule has 166 valence electrons. The van der Waals surface area contributed by atoms with Gasteiger partial charge in [0.1, 0.15) is 12.4 Å². The quantitative estimate of drug-likeness (QED) is 0.322. The zero-order valence-electron chi connectivity index (χ0n) is 18.4. The van der Waals surface area contributed by atoms with Crippen molar-refractivity contribution >= 4 is 29.9 Å². The minimum Gasteiger partial charge on any atom is -0.376 e. The van der Waals surface area contributed by atoms with Gasteiger partial charge in [0, 0.05) is 39.8 Å². The van der Waals surface area contributed by atoms with Gasteiger partial charge < -0.3 is 24.4 Å². The maximum Gasteiger partial charge on any atom is 0.194 e. The number of likely N-dealkylation sites (tertiary alicyclic amines) is 1. The van der Waals surface area contributed by atoms with E-state index in [4.69, 9.17) is 9.73 Å². The fourth-order valence-electron chi connectivity index (χ4n) is 4.03. The molecule has 0 saturated carbocycles. The Morgan fingerprint density at radius 1 is 1.28 bits per heavy atom. The maximum absolute atomic E-state index is 5.78. The van der Waals surface area contributed by atoms with Gasteiger partial charge in [-0.3, -0.25) is 0 Å². The fourth-order valence-corrected chi connectivity index (χ4v) is 4.03. The van der Waals surface area contributed by atoms with E-state index < -0.39 is 0 Å². The van der Waals surface area contributed by atoms with Gasteiger partial charge in [-0.1, -0.05) is 13.8 Å². The summed E-state index contributed by atoms with van der Waals surface area (Å²) in [5, 5.41) is 12.0. The van der Waals surface area contributed by atoms with Gasteiger partial charge in [0.05, 0.1) is 6.10 Å². The second-order valence-electron chi connectivity index (χ2n) is 7.96. The molecule has 2 aliphatic heterocycles. The number of halogens is 1. The molecular weight excluding hydrogens is 481 g/mol. The molecule has 1 N–H and O–H groups in total. The van der Waals surface area contributed by atoms with E-state index in [1.165, 1.54) is 13.0 Å². The van der Waals surface area contributed by atoms with Crippen molar-refractivity contribution in [2.75, 3.05) is 45.9 Å². The third-order valence-electron chi connectivity index (χ3n) is 6.06. The Kier molecular flexibility index (Phi) is 10.1. The van der Waals surface area contributed by atoms with Crippen molar-refractivity contribution in [1.29, 1.82) is 0 Å². The Morgan fingerprint density at radius 3 is 2.69 bits per heavy atom. The molecule has 0 aliphatic carbocycles. The van der Waals surface area contributed by atoms with E-state index in [1.807, 2.05) is 18.5 Å². The number of nitrogens with zero attached hydrogens (tertiary/aromatic N) is 6. The molecule has 2 unspecified atom stereocenters. The zero-order chi connectivity index (χ0) is 19.9. The van der Waals surface area contributed by atoms with Gasteiger partial charge in [0.25, 0.3) is 0 Å². The number of nitrogens with one attached hydrogen (secondary N) is 1. The lowest BCUT2D eigenvalue weighted by Crippen LogP contribution is -2.43. The second-order valence-corrected chi connectivity index (χ2v) is 7.96. The number of ether oxygens (including phenoxy) is 1. The van der Waals surface area contributed by atoms with E-state index in [-0.39, 0.29) is 24.0 Å². The lowest BCUT2D eigenvalue weighted by molar-refractivity contribution is 0.113. The molecule has 3 rings (SSSR count). The summed E-state index contributed by atoms with van der Waals surface area (Å²) >= 11 is 0. The average molecular weight is 519 g/mol. The summed E-state index contributed by atoms with van der Waals surface area (Å²) < 4.78 is 7.79. The van der Waals surface area contributed by atoms with Crippen LogP contribution in [0.2, 0.25) is 0 Å². The molecule has 2 aliphatic rings. The molecule has 2 atom stereocenters. The number of rotatable bonds is 8. The van der Waals surface area contributed by atoms with E-state index in [0.29, 0.717) is 18.6 Å². The summed E-state index contributed by atoms with van der Waals surface area (Å²) in [7, 11) is 2.00. The molecule has 0 bridgehead atoms. The van der Waals surface area contributed by atoms with Crippen LogP contribution in [0.3, 0.4) is 0 Å². The highest BCUT2D eigenvalue weighted by Crippen LogP contribution is 2.18. The summed E-state index contributed by atoms with van der Waals surface area (Å²) in [5.41, 5.74) is 0. The van der Waals surface area contributed by atoms with Crippen molar-refractivity contribution in [3.63, 3.8) is 0 Å². The number of aliphatic imine (C=N–C) groups is 1. The monoisotopic (exact) mass is 519 g/mol. The third kappa shape index (κ3) is 6.78. The van der Waals surface area contributed by atoms with E-state index >= 15 is 0 Å². The predicted octanol–water partition coefficient (Wildman–Crippen LogP) is 2.03. The summed E-state index contributed by atoms with van der Waals surface area (Å²) in [4.78, 5) is 9.83. The van der Waals surface area contributed by atoms with Crippen LogP contribution < -0.4 is 5.32 Å². The number of aryl methyl sites for hydroxylation is 1. The summed E-state index contributed by atoms with van der Waals surface area (Å²) in [6, 6.07) is 0. The standard InChI is InChI=1S/C20H37N7O.HI/c1-5-26(6-2)14-17-9-10-27(15-17)20(21-12-18-8-7-11-28-18)22-13-19-24-23-16(3)25(19)4;/h17-18H,5-15H2,1-4H3,(H,21,22);1H. The summed E-state index contributed by atoms with van der Waals surface area (Å²) in [5.74, 6) is 3.50. The molecule has 9 heteroatoms. The lowest BCUT2D eigenvalue weighted by Gasteiger charge is -2.25. The first-order valence-electron chi connectivity index (χ1n) is 10.8. The number of aromatic nitrogens is 3. The molecular formula is C20H38IN7O. The van der Waals surface area contributed by atoms with E-state index in [0.717, 1.165) is 69.8 Å². The van der Waals surface area contributed by atoms with E-state index in [1.54, 1.807) is 0 Å². The second kappa shape index (κ2) is 12.0. The molecule has 2 saturated heterocycles. The number of hydrogen-bond donors (Lipinski definition) is 1. The van der Waals surface area contributed by atoms with Crippen LogP contribution in [0.25, 0.3) is 0 Å². The van der Waals surface area contributed by atoms with Crippen LogP contribution in [0, 0.1) is 12.8 Å². The van der Waals surface area contributed by atoms with Gasteiger partial charge in [-0.2, -0.15) is 0 Å². The zero-order valence-corrected chi connectivity index (χ0v) is 20.8. The van der Waals surface area contributed by atoms with Gasteiger partial charge in [-0.15, -0.1) is 34.2 Å². The molecule has 0 radical (unpaired) electrons. The van der Waals surface area contributed by atoms with Crippen LogP contribution in [0.4, 0.5) is 0 Å². The van der Waals surface area contributed by atoms with Gasteiger partial charge in [-0.05, 0) is 45.2 Å². The van der Waals surface area contributed by atoms with Crippen LogP contribution in [0.5, 0.6) is 0 Å². The first kappa shape index (κ1) is 24.3. The molecule has 0 spiro atoms. The Bertz CT molecular complexity index is 641. The molecule has 8 nitrogen and oxygen atoms in total. The van der Waals surface area contributed by atoms with Gasteiger partial charge >= 0.3 is 0 Å². The molecule has 0 amide bonds. The van der Waals surface area contributed by atoms with Gasteiger partial charge in [0.2, 0.25) is 0 Å². The van der Waals surface area contributed by atoms with Crippen molar-refractivity contribution in [2.24, 2.45) is 18.0 Å². The van der Waals surface area contributed by atoms with Crippen molar-refractivity contribution < 1.29 is 4.74 Å². The fraction of sp³-hybridized carbons (Fsp3) is 0.850. The Hall–Kier alpha value is -0.940. The Morgan fingerprint density at radius 2 is 2.07 bits per heavy atom. The van der Waals surface area contributed by atoms with Crippen LogP contribution in [-0.2, 0) is 18.3 Å². The van der Waals surface area contributed by atoms with Gasteiger partial charge in [-0.25, -0.2) is 4.99 Å². The van der Waals surface area contributed by atoms with Crippen LogP contribution in [0.15, 0.2) is 4.99 Å². The summed E-state index contributed by atoms with van der Waals surface area (Å²) in [6.45, 7) is 14.2. The van der Waals surface area contributed by atoms with Crippen LogP contribution in [0.1, 0.15) is 44.8 Å². The van der Waals surface area contributed by atoms with Crippen molar-refractivity contribution in [1.82, 2.24) is 29.9 Å². The smallest absolute Gasteiger partial charge is 0.194 e. The molecule has 29 heavy (non-hydrogen) atoms. The highest BCUT2D eigenvalue weighted by molar-refractivity contribution is 14.0. The van der Waals surface area contributed by atoms with Crippen molar-refractivity contribution in [3.8, 4) is 0 Å². The first-order valence-corrected chi connectivity index (χ1v) is 10.8. The predicted molar refractivity (Wildman–Crippen MR) is 127 cm³/mol. The first-order chi connectivity index (χ1) is 13.6. The highest BCUT2D eigenvalue weighted by atomic mass is 127. The van der Waals surface area contributed by atoms with Crippen LogP contribution in [-0.4, -0.2) is 82.5 Å². The molecule has 3 heterocycles. The largest absolute Gasteiger partial charge is 0.376 e. The Labute approximate surface area is 192 Å². The SMILES string of the molecule is CCN(CC)CC1CCN(C(=NCc2nnc(C)n2C)NCC2CCCO2)C1.I. The summed E-state index contributed by atoms with van der Waals surface area (Å²) in [6.07, 6.45) is 3.82. The minimum absolute atomic E-state index is 0.